The fraction of sp³-hybridized carbons (Fsp3) is 0.400. The van der Waals surface area contributed by atoms with Crippen molar-refractivity contribution in [3.63, 3.8) is 0 Å². The van der Waals surface area contributed by atoms with Gasteiger partial charge in [0.15, 0.2) is 11.6 Å². The average molecular weight is 452 g/mol. The molecule has 3 nitrogen and oxygen atoms in total. The Hall–Kier alpha value is -2.07. The van der Waals surface area contributed by atoms with Crippen LogP contribution < -0.4 is 0 Å². The minimum absolute atomic E-state index is 0.235. The van der Waals surface area contributed by atoms with Crippen molar-refractivity contribution in [2.75, 3.05) is 0 Å². The zero-order valence-electron chi connectivity index (χ0n) is 17.4. The van der Waals surface area contributed by atoms with E-state index < -0.39 is 0 Å². The maximum atomic E-state index is 4.94. The van der Waals surface area contributed by atoms with Gasteiger partial charge in [-0.15, -0.1) is 0 Å². The Morgan fingerprint density at radius 2 is 2.00 bits per heavy atom. The Balaban J connectivity index is 1.99. The van der Waals surface area contributed by atoms with E-state index in [1.165, 1.54) is 10.1 Å². The molecule has 0 aromatic carbocycles. The molecule has 0 amide bonds. The third kappa shape index (κ3) is 5.72. The summed E-state index contributed by atoms with van der Waals surface area (Å²) < 4.78 is 1.17. The summed E-state index contributed by atoms with van der Waals surface area (Å²) in [5.41, 5.74) is 2.31. The van der Waals surface area contributed by atoms with Crippen LogP contribution in [0.4, 0.5) is 0 Å². The molecule has 1 unspecified atom stereocenters. The lowest BCUT2D eigenvalue weighted by Crippen LogP contribution is -2.16. The van der Waals surface area contributed by atoms with E-state index in [0.717, 1.165) is 61.6 Å². The molecule has 0 saturated heterocycles. The molecule has 2 aliphatic rings. The van der Waals surface area contributed by atoms with Crippen LogP contribution in [0.25, 0.3) is 11.1 Å². The van der Waals surface area contributed by atoms with E-state index in [1.807, 2.05) is 12.2 Å². The van der Waals surface area contributed by atoms with Crippen LogP contribution in [0.1, 0.15) is 75.8 Å². The summed E-state index contributed by atoms with van der Waals surface area (Å²) in [5, 5.41) is 0. The van der Waals surface area contributed by atoms with E-state index in [0.29, 0.717) is 5.92 Å². The lowest BCUT2D eigenvalue weighted by atomic mass is 9.87. The van der Waals surface area contributed by atoms with Crippen LogP contribution in [0, 0.1) is 5.92 Å². The lowest BCUT2D eigenvalue weighted by Gasteiger charge is -2.23. The van der Waals surface area contributed by atoms with Crippen molar-refractivity contribution >= 4 is 27.1 Å². The van der Waals surface area contributed by atoms with E-state index >= 15 is 0 Å². The van der Waals surface area contributed by atoms with Gasteiger partial charge >= 0.3 is 0 Å². The first-order valence-corrected chi connectivity index (χ1v) is 11.4. The maximum Gasteiger partial charge on any atom is 0.163 e. The molecule has 4 heteroatoms. The SMILES string of the molecule is C=C/C=C(/Br)C[C@@H](CC)C(C)c1nc(C2=CCCC=C2)nc(C2=CC=CCC2)n1. The minimum Gasteiger partial charge on any atom is -0.213 e. The quantitative estimate of drug-likeness (QED) is 0.388. The largest absolute Gasteiger partial charge is 0.213 e. The van der Waals surface area contributed by atoms with Gasteiger partial charge in [0.1, 0.15) is 5.82 Å². The molecule has 152 valence electrons. The van der Waals surface area contributed by atoms with Crippen molar-refractivity contribution in [1.82, 2.24) is 15.0 Å². The summed E-state index contributed by atoms with van der Waals surface area (Å²) in [7, 11) is 0. The topological polar surface area (TPSA) is 38.7 Å². The van der Waals surface area contributed by atoms with Crippen molar-refractivity contribution in [2.45, 2.75) is 58.3 Å². The van der Waals surface area contributed by atoms with Crippen LogP contribution in [0.3, 0.4) is 0 Å². The number of rotatable bonds is 8. The molecular formula is C25H30BrN3. The molecule has 0 radical (unpaired) electrons. The lowest BCUT2D eigenvalue weighted by molar-refractivity contribution is 0.418. The molecule has 3 rings (SSSR count). The Morgan fingerprint density at radius 3 is 2.66 bits per heavy atom. The van der Waals surface area contributed by atoms with Crippen molar-refractivity contribution < 1.29 is 0 Å². The summed E-state index contributed by atoms with van der Waals surface area (Å²) >= 11 is 3.68. The normalized spacial score (nSPS) is 18.8. The molecule has 0 bridgehead atoms. The Morgan fingerprint density at radius 1 is 1.17 bits per heavy atom. The third-order valence-corrected chi connectivity index (χ3v) is 6.19. The predicted molar refractivity (Wildman–Crippen MR) is 127 cm³/mol. The van der Waals surface area contributed by atoms with E-state index in [2.05, 4.69) is 72.8 Å². The van der Waals surface area contributed by atoms with E-state index in [4.69, 9.17) is 15.0 Å². The molecule has 0 saturated carbocycles. The molecule has 2 aliphatic carbocycles. The van der Waals surface area contributed by atoms with Crippen LogP contribution in [-0.2, 0) is 0 Å². The van der Waals surface area contributed by atoms with Crippen molar-refractivity contribution in [2.24, 2.45) is 5.92 Å². The number of aromatic nitrogens is 3. The number of hydrogen-bond donors (Lipinski definition) is 0. The third-order valence-electron chi connectivity index (χ3n) is 5.60. The molecule has 29 heavy (non-hydrogen) atoms. The van der Waals surface area contributed by atoms with Gasteiger partial charge in [-0.25, -0.2) is 15.0 Å². The minimum atomic E-state index is 0.235. The number of nitrogens with zero attached hydrogens (tertiary/aromatic N) is 3. The zero-order valence-corrected chi connectivity index (χ0v) is 19.0. The highest BCUT2D eigenvalue weighted by atomic mass is 79.9. The fourth-order valence-electron chi connectivity index (χ4n) is 3.77. The zero-order chi connectivity index (χ0) is 20.6. The van der Waals surface area contributed by atoms with E-state index in [1.54, 1.807) is 0 Å². The van der Waals surface area contributed by atoms with Crippen molar-refractivity contribution in [1.29, 1.82) is 0 Å². The second-order valence-electron chi connectivity index (χ2n) is 7.65. The molecular weight excluding hydrogens is 422 g/mol. The van der Waals surface area contributed by atoms with Crippen LogP contribution in [-0.4, -0.2) is 15.0 Å². The summed E-state index contributed by atoms with van der Waals surface area (Å²) in [6.07, 6.45) is 23.0. The molecule has 0 N–H and O–H groups in total. The highest BCUT2D eigenvalue weighted by Crippen LogP contribution is 2.33. The van der Waals surface area contributed by atoms with Gasteiger partial charge in [0.25, 0.3) is 0 Å². The van der Waals surface area contributed by atoms with Gasteiger partial charge in [-0.2, -0.15) is 0 Å². The molecule has 0 aliphatic heterocycles. The fourth-order valence-corrected chi connectivity index (χ4v) is 4.37. The van der Waals surface area contributed by atoms with Crippen LogP contribution >= 0.6 is 15.9 Å². The molecule has 2 atom stereocenters. The Kier molecular flexibility index (Phi) is 7.93. The van der Waals surface area contributed by atoms with Gasteiger partial charge in [0.05, 0.1) is 0 Å². The second kappa shape index (κ2) is 10.6. The first kappa shape index (κ1) is 21.6. The van der Waals surface area contributed by atoms with Gasteiger partial charge in [-0.1, -0.05) is 91.4 Å². The van der Waals surface area contributed by atoms with Gasteiger partial charge in [0, 0.05) is 11.5 Å². The van der Waals surface area contributed by atoms with Gasteiger partial charge in [0.2, 0.25) is 0 Å². The monoisotopic (exact) mass is 451 g/mol. The summed E-state index contributed by atoms with van der Waals surface area (Å²) in [6, 6.07) is 0. The maximum absolute atomic E-state index is 4.94. The van der Waals surface area contributed by atoms with Gasteiger partial charge in [-0.3, -0.25) is 0 Å². The predicted octanol–water partition coefficient (Wildman–Crippen LogP) is 7.32. The Labute approximate surface area is 183 Å². The van der Waals surface area contributed by atoms with Crippen molar-refractivity contribution in [3.8, 4) is 0 Å². The van der Waals surface area contributed by atoms with Crippen LogP contribution in [0.15, 0.2) is 59.7 Å². The summed E-state index contributed by atoms with van der Waals surface area (Å²) in [5.74, 6) is 3.21. The van der Waals surface area contributed by atoms with Gasteiger partial charge < -0.3 is 0 Å². The van der Waals surface area contributed by atoms with Gasteiger partial charge in [-0.05, 0) is 48.1 Å². The molecule has 1 heterocycles. The number of hydrogen-bond acceptors (Lipinski definition) is 3. The first-order valence-electron chi connectivity index (χ1n) is 10.6. The molecule has 0 fully saturated rings. The van der Waals surface area contributed by atoms with Crippen LogP contribution in [0.2, 0.25) is 0 Å². The number of halogens is 1. The molecule has 0 spiro atoms. The van der Waals surface area contributed by atoms with E-state index in [-0.39, 0.29) is 5.92 Å². The van der Waals surface area contributed by atoms with Crippen molar-refractivity contribution in [3.05, 3.63) is 77.1 Å². The average Bonchev–Trinajstić information content (AvgIpc) is 2.78. The smallest absolute Gasteiger partial charge is 0.163 e. The number of allylic oxidation sites excluding steroid dienone is 11. The molecule has 1 aromatic rings. The van der Waals surface area contributed by atoms with Crippen LogP contribution in [0.5, 0.6) is 0 Å². The van der Waals surface area contributed by atoms with E-state index in [9.17, 15) is 0 Å². The Bertz CT molecular complexity index is 889. The second-order valence-corrected chi connectivity index (χ2v) is 8.67. The summed E-state index contributed by atoms with van der Waals surface area (Å²) in [4.78, 5) is 14.7. The summed E-state index contributed by atoms with van der Waals surface area (Å²) in [6.45, 7) is 8.28. The molecule has 1 aromatic heterocycles. The standard InChI is InChI=1S/C25H30BrN3/c1-4-12-22(26)17-19(5-2)18(3)23-27-24(20-13-8-6-9-14-20)29-25(28-23)21-15-10-7-11-16-21/h4,6,8,10,12-13,15-16,18-19H,1,5,7,9,11,14,17H2,2-3H3/b22-12+/t18?,19-/m1/s1. The first-order chi connectivity index (χ1) is 14.1. The highest BCUT2D eigenvalue weighted by Gasteiger charge is 2.23. The highest BCUT2D eigenvalue weighted by molar-refractivity contribution is 9.11.